The minimum absolute atomic E-state index is 0.124. The van der Waals surface area contributed by atoms with Gasteiger partial charge in [0.1, 0.15) is 5.56 Å². The van der Waals surface area contributed by atoms with E-state index in [4.69, 9.17) is 5.73 Å². The summed E-state index contributed by atoms with van der Waals surface area (Å²) in [6.45, 7) is 2.29. The van der Waals surface area contributed by atoms with E-state index in [9.17, 15) is 9.59 Å². The molecule has 5 heteroatoms. The second kappa shape index (κ2) is 8.08. The maximum Gasteiger partial charge on any atom is 0.290 e. The molecular weight excluding hydrogens is 290 g/mol. The van der Waals surface area contributed by atoms with E-state index in [1.807, 2.05) is 24.3 Å². The molecule has 0 saturated carbocycles. The molecule has 0 spiro atoms. The molecule has 120 valence electrons. The van der Waals surface area contributed by atoms with E-state index in [1.165, 1.54) is 18.4 Å². The van der Waals surface area contributed by atoms with Crippen LogP contribution in [0.3, 0.4) is 0 Å². The van der Waals surface area contributed by atoms with Crippen molar-refractivity contribution in [3.63, 3.8) is 0 Å². The molecule has 23 heavy (non-hydrogen) atoms. The van der Waals surface area contributed by atoms with Gasteiger partial charge in [0.25, 0.3) is 11.8 Å². The quantitative estimate of drug-likeness (QED) is 0.768. The van der Waals surface area contributed by atoms with Crippen LogP contribution < -0.4 is 15.6 Å². The van der Waals surface area contributed by atoms with Crippen molar-refractivity contribution in [2.75, 3.05) is 5.32 Å². The van der Waals surface area contributed by atoms with Crippen molar-refractivity contribution < 1.29 is 14.2 Å². The van der Waals surface area contributed by atoms with Crippen molar-refractivity contribution in [2.24, 2.45) is 5.73 Å². The van der Waals surface area contributed by atoms with Crippen LogP contribution in [0, 0.1) is 0 Å². The van der Waals surface area contributed by atoms with Crippen molar-refractivity contribution in [1.82, 2.24) is 0 Å². The van der Waals surface area contributed by atoms with E-state index in [0.717, 1.165) is 12.1 Å². The number of rotatable bonds is 7. The van der Waals surface area contributed by atoms with E-state index >= 15 is 0 Å². The maximum absolute atomic E-state index is 12.1. The Labute approximate surface area is 136 Å². The van der Waals surface area contributed by atoms with E-state index < -0.39 is 5.91 Å². The van der Waals surface area contributed by atoms with Gasteiger partial charge in [0.2, 0.25) is 6.54 Å². The lowest BCUT2D eigenvalue weighted by atomic mass is 10.1. The highest BCUT2D eigenvalue weighted by Gasteiger charge is 2.12. The van der Waals surface area contributed by atoms with Crippen LogP contribution >= 0.6 is 0 Å². The minimum Gasteiger partial charge on any atom is -0.365 e. The summed E-state index contributed by atoms with van der Waals surface area (Å²) in [6, 6.07) is 11.2. The molecule has 5 nitrogen and oxygen atoms in total. The van der Waals surface area contributed by atoms with Crippen molar-refractivity contribution >= 4 is 17.5 Å². The number of primary amides is 1. The molecule has 0 unspecified atom stereocenters. The van der Waals surface area contributed by atoms with Crippen LogP contribution in [0.1, 0.15) is 35.7 Å². The fourth-order valence-electron chi connectivity index (χ4n) is 2.27. The number of benzene rings is 1. The van der Waals surface area contributed by atoms with Gasteiger partial charge in [-0.25, -0.2) is 0 Å². The number of hydrogen-bond donors (Lipinski definition) is 2. The molecule has 0 aliphatic carbocycles. The fraction of sp³-hybridized carbons (Fsp3) is 0.278. The standard InChI is InChI=1S/C18H21N3O2/c1-2-3-5-14-7-9-16(10-8-14)20-17(22)13-21-11-4-6-15(12-21)18(19)23/h4,6-12H,2-3,5,13H2,1H3,(H2-,19,20,22,23)/p+1. The molecule has 2 aromatic rings. The second-order valence-electron chi connectivity index (χ2n) is 5.48. The van der Waals surface area contributed by atoms with E-state index in [0.29, 0.717) is 5.56 Å². The second-order valence-corrected chi connectivity index (χ2v) is 5.48. The topological polar surface area (TPSA) is 76.1 Å². The number of pyridine rings is 1. The molecule has 1 heterocycles. The first kappa shape index (κ1) is 16.7. The van der Waals surface area contributed by atoms with Gasteiger partial charge < -0.3 is 11.1 Å². The third-order valence-corrected chi connectivity index (χ3v) is 3.53. The van der Waals surface area contributed by atoms with Gasteiger partial charge in [-0.3, -0.25) is 9.59 Å². The van der Waals surface area contributed by atoms with Crippen LogP contribution in [0.5, 0.6) is 0 Å². The molecule has 1 aromatic carbocycles. The highest BCUT2D eigenvalue weighted by atomic mass is 16.2. The Morgan fingerprint density at radius 3 is 2.57 bits per heavy atom. The summed E-state index contributed by atoms with van der Waals surface area (Å²) in [6.07, 6.45) is 6.68. The normalized spacial score (nSPS) is 10.3. The van der Waals surface area contributed by atoms with Crippen LogP contribution in [0.25, 0.3) is 0 Å². The lowest BCUT2D eigenvalue weighted by Crippen LogP contribution is -2.40. The molecule has 0 radical (unpaired) electrons. The summed E-state index contributed by atoms with van der Waals surface area (Å²) in [5, 5.41) is 2.85. The average molecular weight is 312 g/mol. The highest BCUT2D eigenvalue weighted by Crippen LogP contribution is 2.11. The van der Waals surface area contributed by atoms with Crippen molar-refractivity contribution in [2.45, 2.75) is 32.7 Å². The molecule has 0 aliphatic rings. The molecule has 2 amide bonds. The first-order valence-corrected chi connectivity index (χ1v) is 7.76. The maximum atomic E-state index is 12.1. The van der Waals surface area contributed by atoms with Gasteiger partial charge in [0.15, 0.2) is 12.4 Å². The smallest absolute Gasteiger partial charge is 0.290 e. The molecule has 0 saturated heterocycles. The Balaban J connectivity index is 1.94. The number of aromatic nitrogens is 1. The number of unbranched alkanes of at least 4 members (excludes halogenated alkanes) is 1. The summed E-state index contributed by atoms with van der Waals surface area (Å²) >= 11 is 0. The first-order chi connectivity index (χ1) is 11.1. The number of amides is 2. The summed E-state index contributed by atoms with van der Waals surface area (Å²) in [4.78, 5) is 23.2. The minimum atomic E-state index is -0.512. The number of aryl methyl sites for hydroxylation is 1. The number of hydrogen-bond acceptors (Lipinski definition) is 2. The average Bonchev–Trinajstić information content (AvgIpc) is 2.54. The van der Waals surface area contributed by atoms with Crippen LogP contribution in [0.2, 0.25) is 0 Å². The van der Waals surface area contributed by atoms with Gasteiger partial charge in [-0.15, -0.1) is 0 Å². The van der Waals surface area contributed by atoms with Crippen LogP contribution in [0.4, 0.5) is 5.69 Å². The number of carbonyl (C=O) groups is 2. The van der Waals surface area contributed by atoms with Crippen molar-refractivity contribution in [3.05, 3.63) is 59.9 Å². The molecule has 0 atom stereocenters. The number of carbonyl (C=O) groups excluding carboxylic acids is 2. The molecular formula is C18H22N3O2+. The zero-order valence-corrected chi connectivity index (χ0v) is 13.3. The fourth-order valence-corrected chi connectivity index (χ4v) is 2.27. The van der Waals surface area contributed by atoms with E-state index in [1.54, 1.807) is 29.1 Å². The number of nitrogens with zero attached hydrogens (tertiary/aromatic N) is 1. The Kier molecular flexibility index (Phi) is 5.86. The first-order valence-electron chi connectivity index (χ1n) is 7.76. The summed E-state index contributed by atoms with van der Waals surface area (Å²) in [5.74, 6) is -0.666. The lowest BCUT2D eigenvalue weighted by Gasteiger charge is -2.05. The predicted octanol–water partition coefficient (Wildman–Crippen LogP) is 2.05. The number of nitrogens with one attached hydrogen (secondary N) is 1. The SMILES string of the molecule is CCCCc1ccc(NC(=O)C[n+]2cccc(C(N)=O)c2)cc1. The van der Waals surface area contributed by atoms with Gasteiger partial charge in [-0.2, -0.15) is 4.57 Å². The third kappa shape index (κ3) is 5.21. The molecule has 1 aromatic heterocycles. The molecule has 3 N–H and O–H groups in total. The van der Waals surface area contributed by atoms with Gasteiger partial charge in [0.05, 0.1) is 0 Å². The van der Waals surface area contributed by atoms with Gasteiger partial charge in [-0.05, 0) is 36.6 Å². The highest BCUT2D eigenvalue weighted by molar-refractivity contribution is 5.92. The Morgan fingerprint density at radius 1 is 1.17 bits per heavy atom. The van der Waals surface area contributed by atoms with E-state index in [2.05, 4.69) is 12.2 Å². The van der Waals surface area contributed by atoms with Crippen LogP contribution in [0.15, 0.2) is 48.8 Å². The van der Waals surface area contributed by atoms with Crippen molar-refractivity contribution in [3.8, 4) is 0 Å². The Bertz CT molecular complexity index is 681. The predicted molar refractivity (Wildman–Crippen MR) is 88.8 cm³/mol. The number of anilines is 1. The molecule has 2 rings (SSSR count). The monoisotopic (exact) mass is 312 g/mol. The van der Waals surface area contributed by atoms with Gasteiger partial charge in [-0.1, -0.05) is 25.5 Å². The van der Waals surface area contributed by atoms with E-state index in [-0.39, 0.29) is 12.5 Å². The Hall–Kier alpha value is -2.69. The summed E-state index contributed by atoms with van der Waals surface area (Å²) < 4.78 is 1.63. The Morgan fingerprint density at radius 2 is 1.91 bits per heavy atom. The molecule has 0 bridgehead atoms. The van der Waals surface area contributed by atoms with Crippen LogP contribution in [-0.2, 0) is 17.8 Å². The third-order valence-electron chi connectivity index (χ3n) is 3.53. The molecule has 0 aliphatic heterocycles. The largest absolute Gasteiger partial charge is 0.365 e. The summed E-state index contributed by atoms with van der Waals surface area (Å²) in [5.41, 5.74) is 7.65. The summed E-state index contributed by atoms with van der Waals surface area (Å²) in [7, 11) is 0. The van der Waals surface area contributed by atoms with Crippen molar-refractivity contribution in [1.29, 1.82) is 0 Å². The van der Waals surface area contributed by atoms with Gasteiger partial charge in [0, 0.05) is 11.8 Å². The van der Waals surface area contributed by atoms with Gasteiger partial charge >= 0.3 is 0 Å². The lowest BCUT2D eigenvalue weighted by molar-refractivity contribution is -0.684. The zero-order chi connectivity index (χ0) is 16.7. The number of nitrogens with two attached hydrogens (primary N) is 1. The van der Waals surface area contributed by atoms with Crippen LogP contribution in [-0.4, -0.2) is 11.8 Å². The molecule has 0 fully saturated rings. The zero-order valence-electron chi connectivity index (χ0n) is 13.3.